The molecule has 0 amide bonds. The van der Waals surface area contributed by atoms with E-state index in [1.165, 1.54) is 0 Å². The molecule has 6 heteroatoms. The lowest BCUT2D eigenvalue weighted by atomic mass is 10.2. The lowest BCUT2D eigenvalue weighted by Crippen LogP contribution is -2.24. The van der Waals surface area contributed by atoms with Gasteiger partial charge < -0.3 is 14.8 Å². The molecule has 0 radical (unpaired) electrons. The van der Waals surface area contributed by atoms with Crippen molar-refractivity contribution in [2.45, 2.75) is 26.3 Å². The zero-order valence-electron chi connectivity index (χ0n) is 11.5. The third-order valence-electron chi connectivity index (χ3n) is 2.70. The van der Waals surface area contributed by atoms with Crippen LogP contribution in [0.2, 0.25) is 0 Å². The van der Waals surface area contributed by atoms with Crippen molar-refractivity contribution in [3.63, 3.8) is 0 Å². The first kappa shape index (κ1) is 15.2. The summed E-state index contributed by atoms with van der Waals surface area (Å²) in [6, 6.07) is 5.05. The van der Waals surface area contributed by atoms with Crippen molar-refractivity contribution in [1.82, 2.24) is 0 Å². The summed E-state index contributed by atoms with van der Waals surface area (Å²) in [5, 5.41) is 14.3. The molecule has 0 bridgehead atoms. The molecule has 0 aliphatic carbocycles. The topological polar surface area (TPSA) is 73.6 Å². The Hall–Kier alpha value is -1.82. The van der Waals surface area contributed by atoms with Crippen LogP contribution in [0.15, 0.2) is 18.2 Å². The average molecular weight is 268 g/mol. The van der Waals surface area contributed by atoms with Gasteiger partial charge in [0, 0.05) is 13.2 Å². The summed E-state index contributed by atoms with van der Waals surface area (Å²) < 4.78 is 10.4. The number of hydrogen-bond donors (Lipinski definition) is 1. The minimum Gasteiger partial charge on any atom is -0.487 e. The third kappa shape index (κ3) is 4.10. The van der Waals surface area contributed by atoms with Crippen molar-refractivity contribution in [3.05, 3.63) is 28.3 Å². The molecule has 106 valence electrons. The number of benzene rings is 1. The number of nitro benzene ring substituents is 1. The Kier molecular flexibility index (Phi) is 6.08. The van der Waals surface area contributed by atoms with Crippen molar-refractivity contribution in [3.8, 4) is 5.75 Å². The SMILES string of the molecule is CCOc1cccc(NC(CC)COC)c1[N+](=O)[O-]. The van der Waals surface area contributed by atoms with E-state index in [2.05, 4.69) is 5.32 Å². The fraction of sp³-hybridized carbons (Fsp3) is 0.538. The third-order valence-corrected chi connectivity index (χ3v) is 2.70. The van der Waals surface area contributed by atoms with Crippen LogP contribution in [-0.4, -0.2) is 31.3 Å². The van der Waals surface area contributed by atoms with Gasteiger partial charge in [-0.1, -0.05) is 13.0 Å². The number of para-hydroxylation sites is 1. The summed E-state index contributed by atoms with van der Waals surface area (Å²) in [5.41, 5.74) is 0.429. The van der Waals surface area contributed by atoms with Gasteiger partial charge >= 0.3 is 5.69 Å². The fourth-order valence-corrected chi connectivity index (χ4v) is 1.78. The van der Waals surface area contributed by atoms with Crippen LogP contribution in [-0.2, 0) is 4.74 Å². The van der Waals surface area contributed by atoms with E-state index >= 15 is 0 Å². The van der Waals surface area contributed by atoms with Crippen molar-refractivity contribution < 1.29 is 14.4 Å². The van der Waals surface area contributed by atoms with Crippen LogP contribution < -0.4 is 10.1 Å². The average Bonchev–Trinajstić information content (AvgIpc) is 2.38. The maximum atomic E-state index is 11.2. The van der Waals surface area contributed by atoms with Crippen molar-refractivity contribution >= 4 is 11.4 Å². The summed E-state index contributed by atoms with van der Waals surface area (Å²) >= 11 is 0. The standard InChI is InChI=1S/C13H20N2O4/c1-4-10(9-18-3)14-11-7-6-8-12(19-5-2)13(11)15(16)17/h6-8,10,14H,4-5,9H2,1-3H3. The minimum absolute atomic E-state index is 0.0283. The van der Waals surface area contributed by atoms with E-state index in [0.717, 1.165) is 6.42 Å². The predicted molar refractivity (Wildman–Crippen MR) is 73.8 cm³/mol. The zero-order valence-corrected chi connectivity index (χ0v) is 11.5. The van der Waals surface area contributed by atoms with Crippen LogP contribution in [0.1, 0.15) is 20.3 Å². The van der Waals surface area contributed by atoms with E-state index in [4.69, 9.17) is 9.47 Å². The second kappa shape index (κ2) is 7.58. The molecule has 0 aliphatic heterocycles. The number of methoxy groups -OCH3 is 1. The van der Waals surface area contributed by atoms with Gasteiger partial charge in [0.25, 0.3) is 0 Å². The molecule has 1 rings (SSSR count). The second-order valence-electron chi connectivity index (χ2n) is 4.05. The van der Waals surface area contributed by atoms with Gasteiger partial charge in [0.05, 0.1) is 18.1 Å². The lowest BCUT2D eigenvalue weighted by molar-refractivity contribution is -0.385. The highest BCUT2D eigenvalue weighted by molar-refractivity contribution is 5.68. The van der Waals surface area contributed by atoms with Gasteiger partial charge in [-0.25, -0.2) is 0 Å². The first-order valence-electron chi connectivity index (χ1n) is 6.29. The van der Waals surface area contributed by atoms with Gasteiger partial charge in [0.1, 0.15) is 5.69 Å². The fourth-order valence-electron chi connectivity index (χ4n) is 1.78. The highest BCUT2D eigenvalue weighted by Crippen LogP contribution is 2.35. The van der Waals surface area contributed by atoms with Gasteiger partial charge in [0.15, 0.2) is 5.75 Å². The molecule has 0 heterocycles. The predicted octanol–water partition coefficient (Wildman–Crippen LogP) is 2.83. The molecule has 1 N–H and O–H groups in total. The van der Waals surface area contributed by atoms with E-state index in [1.54, 1.807) is 32.2 Å². The normalized spacial score (nSPS) is 11.9. The second-order valence-corrected chi connectivity index (χ2v) is 4.05. The molecule has 0 saturated carbocycles. The molecule has 1 atom stereocenters. The molecule has 0 fully saturated rings. The first-order valence-corrected chi connectivity index (χ1v) is 6.29. The van der Waals surface area contributed by atoms with Crippen molar-refractivity contribution in [1.29, 1.82) is 0 Å². The number of nitrogens with zero attached hydrogens (tertiary/aromatic N) is 1. The molecular formula is C13H20N2O4. The molecule has 19 heavy (non-hydrogen) atoms. The Morgan fingerprint density at radius 3 is 2.68 bits per heavy atom. The van der Waals surface area contributed by atoms with E-state index in [1.807, 2.05) is 6.92 Å². The first-order chi connectivity index (χ1) is 9.13. The quantitative estimate of drug-likeness (QED) is 0.579. The van der Waals surface area contributed by atoms with Gasteiger partial charge in [0.2, 0.25) is 0 Å². The molecule has 0 aromatic heterocycles. The molecule has 0 spiro atoms. The van der Waals surface area contributed by atoms with Crippen LogP contribution in [0, 0.1) is 10.1 Å². The van der Waals surface area contributed by atoms with E-state index in [0.29, 0.717) is 18.9 Å². The molecule has 1 aromatic carbocycles. The summed E-state index contributed by atoms with van der Waals surface area (Å²) in [6.07, 6.45) is 0.809. The minimum atomic E-state index is -0.424. The Morgan fingerprint density at radius 1 is 1.42 bits per heavy atom. The highest BCUT2D eigenvalue weighted by atomic mass is 16.6. The number of nitro groups is 1. The van der Waals surface area contributed by atoms with Crippen molar-refractivity contribution in [2.75, 3.05) is 25.6 Å². The lowest BCUT2D eigenvalue weighted by Gasteiger charge is -2.18. The molecule has 1 aromatic rings. The maximum absolute atomic E-state index is 11.2. The molecule has 0 aliphatic rings. The number of nitrogens with one attached hydrogen (secondary N) is 1. The van der Waals surface area contributed by atoms with Gasteiger partial charge in [-0.05, 0) is 25.5 Å². The Morgan fingerprint density at radius 2 is 2.16 bits per heavy atom. The van der Waals surface area contributed by atoms with Gasteiger partial charge in [-0.3, -0.25) is 10.1 Å². The van der Waals surface area contributed by atoms with E-state index in [-0.39, 0.29) is 17.5 Å². The van der Waals surface area contributed by atoms with Gasteiger partial charge in [-0.15, -0.1) is 0 Å². The number of anilines is 1. The molecule has 6 nitrogen and oxygen atoms in total. The Bertz CT molecular complexity index is 423. The monoisotopic (exact) mass is 268 g/mol. The summed E-state index contributed by atoms with van der Waals surface area (Å²) in [7, 11) is 1.61. The van der Waals surface area contributed by atoms with Crippen LogP contribution in [0.3, 0.4) is 0 Å². The van der Waals surface area contributed by atoms with Gasteiger partial charge in [-0.2, -0.15) is 0 Å². The van der Waals surface area contributed by atoms with E-state index < -0.39 is 4.92 Å². The summed E-state index contributed by atoms with van der Waals surface area (Å²) in [5.74, 6) is 0.282. The zero-order chi connectivity index (χ0) is 14.3. The smallest absolute Gasteiger partial charge is 0.333 e. The Labute approximate surface area is 112 Å². The van der Waals surface area contributed by atoms with Crippen LogP contribution in [0.5, 0.6) is 5.75 Å². The molecule has 1 unspecified atom stereocenters. The molecule has 0 saturated heterocycles. The largest absolute Gasteiger partial charge is 0.487 e. The van der Waals surface area contributed by atoms with Crippen LogP contribution in [0.4, 0.5) is 11.4 Å². The maximum Gasteiger partial charge on any atom is 0.333 e. The van der Waals surface area contributed by atoms with Crippen molar-refractivity contribution in [2.24, 2.45) is 0 Å². The Balaban J connectivity index is 3.04. The van der Waals surface area contributed by atoms with Crippen LogP contribution >= 0.6 is 0 Å². The van der Waals surface area contributed by atoms with E-state index in [9.17, 15) is 10.1 Å². The number of ether oxygens (including phenoxy) is 2. The number of rotatable bonds is 8. The molecular weight excluding hydrogens is 248 g/mol. The number of hydrogen-bond acceptors (Lipinski definition) is 5. The summed E-state index contributed by atoms with van der Waals surface area (Å²) in [6.45, 7) is 4.67. The van der Waals surface area contributed by atoms with Crippen LogP contribution in [0.25, 0.3) is 0 Å². The summed E-state index contributed by atoms with van der Waals surface area (Å²) in [4.78, 5) is 10.8. The highest BCUT2D eigenvalue weighted by Gasteiger charge is 2.22.